The van der Waals surface area contributed by atoms with Crippen molar-refractivity contribution in [2.24, 2.45) is 0 Å². The fourth-order valence-electron chi connectivity index (χ4n) is 4.99. The van der Waals surface area contributed by atoms with E-state index < -0.39 is 0 Å². The summed E-state index contributed by atoms with van der Waals surface area (Å²) in [5, 5.41) is 21.9. The van der Waals surface area contributed by atoms with Crippen LogP contribution in [0.2, 0.25) is 0 Å². The van der Waals surface area contributed by atoms with Gasteiger partial charge in [-0.2, -0.15) is 15.5 Å². The highest BCUT2D eigenvalue weighted by molar-refractivity contribution is 5.75. The molecule has 2 aliphatic heterocycles. The molecule has 3 aromatic heterocycles. The first-order chi connectivity index (χ1) is 14.7. The van der Waals surface area contributed by atoms with Crippen LogP contribution in [0.3, 0.4) is 0 Å². The van der Waals surface area contributed by atoms with Gasteiger partial charge in [-0.1, -0.05) is 0 Å². The van der Waals surface area contributed by atoms with E-state index in [1.807, 2.05) is 18.5 Å². The lowest BCUT2D eigenvalue weighted by Gasteiger charge is -2.36. The molecular weight excluding hydrogens is 378 g/mol. The van der Waals surface area contributed by atoms with Gasteiger partial charge in [0.25, 0.3) is 0 Å². The summed E-state index contributed by atoms with van der Waals surface area (Å²) < 4.78 is 9.48. The maximum Gasteiger partial charge on any atom is 0.146 e. The van der Waals surface area contributed by atoms with Crippen LogP contribution in [0.5, 0.6) is 5.75 Å². The number of likely N-dealkylation sites (tertiary alicyclic amines) is 1. The average Bonchev–Trinajstić information content (AvgIpc) is 3.53. The van der Waals surface area contributed by atoms with Crippen molar-refractivity contribution < 1.29 is 4.74 Å². The van der Waals surface area contributed by atoms with Crippen LogP contribution in [0.25, 0.3) is 16.6 Å². The standard InChI is InChI=1S/C22H27N7O/c1-15-20(16-9-21(30-2)22-17(10-23)11-25-28(22)14-16)13-26-29(15)18-4-7-27(8-5-18)19-3-6-24-12-19/h9,11,13-14,18-19,24H,3-8,12H2,1-2H3/t19-/m0/s1. The highest BCUT2D eigenvalue weighted by atomic mass is 16.5. The summed E-state index contributed by atoms with van der Waals surface area (Å²) in [6.45, 7) is 6.67. The molecule has 0 unspecified atom stereocenters. The first kappa shape index (κ1) is 19.1. The Bertz CT molecular complexity index is 1090. The van der Waals surface area contributed by atoms with Crippen molar-refractivity contribution >= 4 is 5.52 Å². The van der Waals surface area contributed by atoms with E-state index in [2.05, 4.69) is 33.0 Å². The summed E-state index contributed by atoms with van der Waals surface area (Å²) in [5.41, 5.74) is 4.43. The van der Waals surface area contributed by atoms with Crippen molar-refractivity contribution in [1.29, 1.82) is 5.26 Å². The quantitative estimate of drug-likeness (QED) is 0.718. The Kier molecular flexibility index (Phi) is 4.93. The maximum atomic E-state index is 9.33. The van der Waals surface area contributed by atoms with E-state index >= 15 is 0 Å². The summed E-state index contributed by atoms with van der Waals surface area (Å²) in [6.07, 6.45) is 8.99. The molecule has 0 aromatic carbocycles. The largest absolute Gasteiger partial charge is 0.494 e. The van der Waals surface area contributed by atoms with E-state index in [4.69, 9.17) is 9.84 Å². The lowest BCUT2D eigenvalue weighted by atomic mass is 10.0. The van der Waals surface area contributed by atoms with Gasteiger partial charge in [0, 0.05) is 48.7 Å². The van der Waals surface area contributed by atoms with Crippen molar-refractivity contribution in [2.45, 2.75) is 38.3 Å². The zero-order valence-corrected chi connectivity index (χ0v) is 17.5. The molecule has 30 heavy (non-hydrogen) atoms. The fourth-order valence-corrected chi connectivity index (χ4v) is 4.99. The molecule has 5 heterocycles. The number of aromatic nitrogens is 4. The number of pyridine rings is 1. The molecule has 0 saturated carbocycles. The van der Waals surface area contributed by atoms with Crippen LogP contribution < -0.4 is 10.1 Å². The van der Waals surface area contributed by atoms with Crippen molar-refractivity contribution in [3.05, 3.63) is 35.9 Å². The van der Waals surface area contributed by atoms with Gasteiger partial charge in [-0.15, -0.1) is 0 Å². The second-order valence-electron chi connectivity index (χ2n) is 8.26. The summed E-state index contributed by atoms with van der Waals surface area (Å²) >= 11 is 0. The lowest BCUT2D eigenvalue weighted by Crippen LogP contribution is -2.43. The Morgan fingerprint density at radius 2 is 2.00 bits per heavy atom. The van der Waals surface area contributed by atoms with Gasteiger partial charge < -0.3 is 10.1 Å². The van der Waals surface area contributed by atoms with E-state index in [1.54, 1.807) is 17.8 Å². The second kappa shape index (κ2) is 7.74. The molecular formula is C22H27N7O. The topological polar surface area (TPSA) is 83.4 Å². The van der Waals surface area contributed by atoms with Crippen LogP contribution in [0, 0.1) is 18.3 Å². The van der Waals surface area contributed by atoms with Gasteiger partial charge in [-0.3, -0.25) is 9.58 Å². The molecule has 156 valence electrons. The zero-order chi connectivity index (χ0) is 20.7. The van der Waals surface area contributed by atoms with Crippen LogP contribution in [0.4, 0.5) is 0 Å². The maximum absolute atomic E-state index is 9.33. The molecule has 0 radical (unpaired) electrons. The number of hydrogen-bond acceptors (Lipinski definition) is 6. The van der Waals surface area contributed by atoms with Gasteiger partial charge in [-0.05, 0) is 38.8 Å². The third-order valence-corrected chi connectivity index (χ3v) is 6.67. The molecule has 8 nitrogen and oxygen atoms in total. The number of nitrogens with one attached hydrogen (secondary N) is 1. The first-order valence-electron chi connectivity index (χ1n) is 10.6. The van der Waals surface area contributed by atoms with Gasteiger partial charge in [0.15, 0.2) is 0 Å². The fraction of sp³-hybridized carbons (Fsp3) is 0.500. The smallest absolute Gasteiger partial charge is 0.146 e. The second-order valence-corrected chi connectivity index (χ2v) is 8.26. The summed E-state index contributed by atoms with van der Waals surface area (Å²) in [7, 11) is 1.62. The first-order valence-corrected chi connectivity index (χ1v) is 10.6. The van der Waals surface area contributed by atoms with Crippen LogP contribution in [-0.4, -0.2) is 63.6 Å². The molecule has 1 atom stereocenters. The van der Waals surface area contributed by atoms with Crippen molar-refractivity contribution in [1.82, 2.24) is 29.6 Å². The van der Waals surface area contributed by atoms with Gasteiger partial charge in [0.1, 0.15) is 22.9 Å². The van der Waals surface area contributed by atoms with E-state index in [0.29, 0.717) is 28.9 Å². The molecule has 0 aliphatic carbocycles. The minimum Gasteiger partial charge on any atom is -0.494 e. The van der Waals surface area contributed by atoms with Crippen LogP contribution in [-0.2, 0) is 0 Å². The van der Waals surface area contributed by atoms with Gasteiger partial charge in [0.2, 0.25) is 0 Å². The van der Waals surface area contributed by atoms with E-state index in [1.165, 1.54) is 6.42 Å². The predicted octanol–water partition coefficient (Wildman–Crippen LogP) is 2.39. The van der Waals surface area contributed by atoms with Gasteiger partial charge in [-0.25, -0.2) is 4.52 Å². The number of fused-ring (bicyclic) bond motifs is 1. The predicted molar refractivity (Wildman–Crippen MR) is 114 cm³/mol. The van der Waals surface area contributed by atoms with E-state index in [9.17, 15) is 5.26 Å². The normalized spacial score (nSPS) is 20.6. The molecule has 1 N–H and O–H groups in total. The van der Waals surface area contributed by atoms with E-state index in [-0.39, 0.29) is 0 Å². The Balaban J connectivity index is 1.41. The summed E-state index contributed by atoms with van der Waals surface area (Å²) in [4.78, 5) is 2.64. The minimum atomic E-state index is 0.435. The number of nitriles is 1. The third kappa shape index (κ3) is 3.15. The Hall–Kier alpha value is -2.89. The number of ether oxygens (including phenoxy) is 1. The van der Waals surface area contributed by atoms with Crippen molar-refractivity contribution in [3.8, 4) is 22.9 Å². The van der Waals surface area contributed by atoms with Crippen LogP contribution >= 0.6 is 0 Å². The third-order valence-electron chi connectivity index (χ3n) is 6.67. The number of hydrogen-bond donors (Lipinski definition) is 1. The summed E-state index contributed by atoms with van der Waals surface area (Å²) in [6, 6.07) is 5.29. The molecule has 0 amide bonds. The molecule has 2 aliphatic rings. The van der Waals surface area contributed by atoms with E-state index in [0.717, 1.165) is 55.8 Å². The Labute approximate surface area is 176 Å². The molecule has 0 spiro atoms. The molecule has 2 saturated heterocycles. The minimum absolute atomic E-state index is 0.435. The Morgan fingerprint density at radius 3 is 2.70 bits per heavy atom. The molecule has 5 rings (SSSR count). The highest BCUT2D eigenvalue weighted by Gasteiger charge is 2.29. The average molecular weight is 406 g/mol. The zero-order valence-electron chi connectivity index (χ0n) is 17.5. The SMILES string of the molecule is COc1cc(-c2cnn(C3CCN([C@H]4CCNC4)CC3)c2C)cn2ncc(C#N)c12. The molecule has 3 aromatic rings. The molecule has 2 fully saturated rings. The van der Waals surface area contributed by atoms with Crippen molar-refractivity contribution in [2.75, 3.05) is 33.3 Å². The lowest BCUT2D eigenvalue weighted by molar-refractivity contribution is 0.138. The summed E-state index contributed by atoms with van der Waals surface area (Å²) in [5.74, 6) is 0.646. The van der Waals surface area contributed by atoms with Gasteiger partial charge >= 0.3 is 0 Å². The number of nitrogens with zero attached hydrogens (tertiary/aromatic N) is 6. The van der Waals surface area contributed by atoms with Crippen LogP contribution in [0.1, 0.15) is 36.6 Å². The number of piperidine rings is 1. The molecule has 0 bridgehead atoms. The van der Waals surface area contributed by atoms with Crippen LogP contribution in [0.15, 0.2) is 24.7 Å². The number of methoxy groups -OCH3 is 1. The molecule has 8 heteroatoms. The Morgan fingerprint density at radius 1 is 1.17 bits per heavy atom. The number of rotatable bonds is 4. The highest BCUT2D eigenvalue weighted by Crippen LogP contribution is 2.33. The van der Waals surface area contributed by atoms with Crippen molar-refractivity contribution in [3.63, 3.8) is 0 Å². The monoisotopic (exact) mass is 405 g/mol. The van der Waals surface area contributed by atoms with Gasteiger partial charge in [0.05, 0.1) is 25.5 Å².